The first-order valence-corrected chi connectivity index (χ1v) is 7.84. The first kappa shape index (κ1) is 16.0. The molecular formula is C17H13FN2O3S. The minimum absolute atomic E-state index is 0.0673. The van der Waals surface area contributed by atoms with Gasteiger partial charge in [-0.3, -0.25) is 0 Å². The number of thiophene rings is 1. The summed E-state index contributed by atoms with van der Waals surface area (Å²) in [4.78, 5) is 13.4. The van der Waals surface area contributed by atoms with Crippen LogP contribution in [0.25, 0.3) is 0 Å². The molecule has 7 heteroatoms. The Hall–Kier alpha value is -2.85. The van der Waals surface area contributed by atoms with Crippen LogP contribution in [0, 0.1) is 24.1 Å². The third-order valence-electron chi connectivity index (χ3n) is 3.81. The number of carbonyl (C=O) groups is 1. The minimum Gasteiger partial charge on any atom is -0.465 e. The van der Waals surface area contributed by atoms with Crippen LogP contribution in [0.3, 0.4) is 0 Å². The van der Waals surface area contributed by atoms with Crippen LogP contribution in [-0.4, -0.2) is 13.1 Å². The lowest BCUT2D eigenvalue weighted by Gasteiger charge is -2.24. The standard InChI is InChI=1S/C17H13FN2O3S/c1-8-12(17(21)22-2)14-15(24-8)13(11(7-19)16(20)23-14)9-3-5-10(18)6-4-9/h3-6,13H,20H2,1-2H3. The van der Waals surface area contributed by atoms with E-state index in [2.05, 4.69) is 6.07 Å². The van der Waals surface area contributed by atoms with Crippen molar-refractivity contribution in [1.82, 2.24) is 0 Å². The number of nitriles is 1. The van der Waals surface area contributed by atoms with Crippen LogP contribution in [-0.2, 0) is 4.74 Å². The van der Waals surface area contributed by atoms with Gasteiger partial charge in [-0.1, -0.05) is 12.1 Å². The normalized spacial score (nSPS) is 16.2. The molecule has 1 aliphatic heterocycles. The molecule has 1 aromatic carbocycles. The van der Waals surface area contributed by atoms with Gasteiger partial charge in [0, 0.05) is 4.88 Å². The number of methoxy groups -OCH3 is 1. The molecule has 1 aliphatic rings. The highest BCUT2D eigenvalue weighted by Crippen LogP contribution is 2.49. The summed E-state index contributed by atoms with van der Waals surface area (Å²) in [7, 11) is 1.28. The van der Waals surface area contributed by atoms with Gasteiger partial charge >= 0.3 is 5.97 Å². The predicted octanol–water partition coefficient (Wildman–Crippen LogP) is 3.20. The van der Waals surface area contributed by atoms with Gasteiger partial charge < -0.3 is 15.2 Å². The molecule has 3 rings (SSSR count). The van der Waals surface area contributed by atoms with E-state index in [9.17, 15) is 14.4 Å². The number of benzene rings is 1. The molecule has 0 spiro atoms. The zero-order valence-corrected chi connectivity index (χ0v) is 13.7. The molecular weight excluding hydrogens is 331 g/mol. The maximum absolute atomic E-state index is 13.2. The topological polar surface area (TPSA) is 85.3 Å². The molecule has 24 heavy (non-hydrogen) atoms. The third kappa shape index (κ3) is 2.41. The van der Waals surface area contributed by atoms with Crippen LogP contribution in [0.4, 0.5) is 4.39 Å². The van der Waals surface area contributed by atoms with Gasteiger partial charge in [0.05, 0.1) is 17.9 Å². The Morgan fingerprint density at radius 3 is 2.67 bits per heavy atom. The van der Waals surface area contributed by atoms with E-state index in [1.54, 1.807) is 19.1 Å². The van der Waals surface area contributed by atoms with Gasteiger partial charge in [0.15, 0.2) is 5.75 Å². The van der Waals surface area contributed by atoms with Gasteiger partial charge in [-0.2, -0.15) is 5.26 Å². The van der Waals surface area contributed by atoms with Gasteiger partial charge in [-0.15, -0.1) is 11.3 Å². The molecule has 0 fully saturated rings. The van der Waals surface area contributed by atoms with E-state index < -0.39 is 11.9 Å². The molecule has 2 N–H and O–H groups in total. The van der Waals surface area contributed by atoms with Crippen molar-refractivity contribution in [3.05, 3.63) is 62.4 Å². The molecule has 2 aromatic rings. The summed E-state index contributed by atoms with van der Waals surface area (Å²) in [6.45, 7) is 1.77. The highest BCUT2D eigenvalue weighted by atomic mass is 32.1. The molecule has 2 heterocycles. The van der Waals surface area contributed by atoms with Crippen molar-refractivity contribution < 1.29 is 18.7 Å². The van der Waals surface area contributed by atoms with Crippen molar-refractivity contribution in [3.63, 3.8) is 0 Å². The quantitative estimate of drug-likeness (QED) is 0.846. The largest absolute Gasteiger partial charge is 0.465 e. The maximum atomic E-state index is 13.2. The van der Waals surface area contributed by atoms with Crippen LogP contribution in [0.1, 0.15) is 31.6 Å². The lowest BCUT2D eigenvalue weighted by atomic mass is 9.88. The smallest absolute Gasteiger partial charge is 0.342 e. The molecule has 0 amide bonds. The first-order chi connectivity index (χ1) is 11.5. The molecule has 0 saturated heterocycles. The van der Waals surface area contributed by atoms with Crippen LogP contribution in [0.15, 0.2) is 35.7 Å². The second kappa shape index (κ2) is 5.98. The highest BCUT2D eigenvalue weighted by molar-refractivity contribution is 7.12. The number of fused-ring (bicyclic) bond motifs is 1. The Morgan fingerprint density at radius 1 is 1.42 bits per heavy atom. The van der Waals surface area contributed by atoms with E-state index in [4.69, 9.17) is 15.2 Å². The summed E-state index contributed by atoms with van der Waals surface area (Å²) in [5.41, 5.74) is 7.11. The van der Waals surface area contributed by atoms with Crippen molar-refractivity contribution >= 4 is 17.3 Å². The number of ether oxygens (including phenoxy) is 2. The number of esters is 1. The molecule has 1 aromatic heterocycles. The number of halogens is 1. The van der Waals surface area contributed by atoms with Gasteiger partial charge in [0.1, 0.15) is 23.0 Å². The van der Waals surface area contributed by atoms with Crippen molar-refractivity contribution in [2.75, 3.05) is 7.11 Å². The maximum Gasteiger partial charge on any atom is 0.342 e. The van der Waals surface area contributed by atoms with Crippen molar-refractivity contribution in [2.45, 2.75) is 12.8 Å². The average Bonchev–Trinajstić information content (AvgIpc) is 2.89. The molecule has 1 atom stereocenters. The Balaban J connectivity index is 2.24. The molecule has 1 unspecified atom stereocenters. The van der Waals surface area contributed by atoms with Crippen molar-refractivity contribution in [2.24, 2.45) is 5.73 Å². The summed E-state index contributed by atoms with van der Waals surface area (Å²) in [6.07, 6.45) is 0. The number of nitrogens with two attached hydrogens (primary N) is 1. The third-order valence-corrected chi connectivity index (χ3v) is 4.96. The van der Waals surface area contributed by atoms with Gasteiger partial charge in [0.2, 0.25) is 5.88 Å². The summed E-state index contributed by atoms with van der Waals surface area (Å²) in [5, 5.41) is 9.48. The fourth-order valence-electron chi connectivity index (χ4n) is 2.71. The number of aryl methyl sites for hydroxylation is 1. The second-order valence-electron chi connectivity index (χ2n) is 5.19. The minimum atomic E-state index is -0.531. The number of nitrogens with zero attached hydrogens (tertiary/aromatic N) is 1. The fraction of sp³-hybridized carbons (Fsp3) is 0.176. The zero-order chi connectivity index (χ0) is 17.4. The van der Waals surface area contributed by atoms with E-state index in [1.165, 1.54) is 30.6 Å². The molecule has 5 nitrogen and oxygen atoms in total. The van der Waals surface area contributed by atoms with E-state index in [1.807, 2.05) is 0 Å². The first-order valence-electron chi connectivity index (χ1n) is 7.02. The Morgan fingerprint density at radius 2 is 2.08 bits per heavy atom. The summed E-state index contributed by atoms with van der Waals surface area (Å²) in [5.74, 6) is -1.19. The SMILES string of the molecule is COC(=O)c1c(C)sc2c1OC(N)=C(C#N)C2c1ccc(F)cc1. The van der Waals surface area contributed by atoms with E-state index in [0.29, 0.717) is 26.6 Å². The second-order valence-corrected chi connectivity index (χ2v) is 6.45. The van der Waals surface area contributed by atoms with Crippen LogP contribution < -0.4 is 10.5 Å². The van der Waals surface area contributed by atoms with E-state index in [0.717, 1.165) is 0 Å². The average molecular weight is 344 g/mol. The van der Waals surface area contributed by atoms with E-state index in [-0.39, 0.29) is 17.3 Å². The number of hydrogen-bond donors (Lipinski definition) is 1. The fourth-order valence-corrected chi connectivity index (χ4v) is 3.92. The molecule has 122 valence electrons. The summed E-state index contributed by atoms with van der Waals surface area (Å²) >= 11 is 1.33. The molecule has 0 saturated carbocycles. The monoisotopic (exact) mass is 344 g/mol. The van der Waals surface area contributed by atoms with Gasteiger partial charge in [-0.05, 0) is 24.6 Å². The summed E-state index contributed by atoms with van der Waals surface area (Å²) < 4.78 is 23.6. The van der Waals surface area contributed by atoms with Crippen molar-refractivity contribution in [3.8, 4) is 11.8 Å². The van der Waals surface area contributed by atoms with Crippen LogP contribution in [0.5, 0.6) is 5.75 Å². The number of allylic oxidation sites excluding steroid dienone is 1. The Kier molecular flexibility index (Phi) is 3.99. The number of hydrogen-bond acceptors (Lipinski definition) is 6. The van der Waals surface area contributed by atoms with Gasteiger partial charge in [-0.25, -0.2) is 9.18 Å². The summed E-state index contributed by atoms with van der Waals surface area (Å²) in [6, 6.07) is 7.87. The van der Waals surface area contributed by atoms with Crippen LogP contribution in [0.2, 0.25) is 0 Å². The lowest BCUT2D eigenvalue weighted by molar-refractivity contribution is 0.0597. The number of rotatable bonds is 2. The predicted molar refractivity (Wildman–Crippen MR) is 86.1 cm³/mol. The lowest BCUT2D eigenvalue weighted by Crippen LogP contribution is -2.21. The highest BCUT2D eigenvalue weighted by Gasteiger charge is 2.36. The van der Waals surface area contributed by atoms with Gasteiger partial charge in [0.25, 0.3) is 0 Å². The zero-order valence-electron chi connectivity index (χ0n) is 12.9. The van der Waals surface area contributed by atoms with Crippen molar-refractivity contribution in [1.29, 1.82) is 5.26 Å². The number of carbonyl (C=O) groups excluding carboxylic acids is 1. The van der Waals surface area contributed by atoms with Crippen LogP contribution >= 0.6 is 11.3 Å². The molecule has 0 radical (unpaired) electrons. The molecule has 0 bridgehead atoms. The molecule has 0 aliphatic carbocycles. The Labute approximate surface area is 141 Å². The Bertz CT molecular complexity index is 894. The van der Waals surface area contributed by atoms with E-state index >= 15 is 0 Å².